The Hall–Kier alpha value is -1.38. The van der Waals surface area contributed by atoms with E-state index >= 15 is 0 Å². The Bertz CT molecular complexity index is 409. The molecule has 0 amide bonds. The van der Waals surface area contributed by atoms with Gasteiger partial charge in [0.15, 0.2) is 0 Å². The van der Waals surface area contributed by atoms with Crippen molar-refractivity contribution in [1.29, 1.82) is 0 Å². The Morgan fingerprint density at radius 2 is 1.79 bits per heavy atom. The molecule has 0 unspecified atom stereocenters. The van der Waals surface area contributed by atoms with Crippen molar-refractivity contribution in [2.75, 3.05) is 40.1 Å². The standard InChI is InChI=1S/C15H21NO3/c1-17-9-10-18-11-12-19-13-15-6-3-2-5-14(15)7-4-8-16/h2-3,5-6H,8-13,16H2,1H3. The molecule has 0 saturated heterocycles. The molecule has 1 aromatic rings. The average molecular weight is 263 g/mol. The largest absolute Gasteiger partial charge is 0.382 e. The van der Waals surface area contributed by atoms with Gasteiger partial charge in [-0.15, -0.1) is 0 Å². The topological polar surface area (TPSA) is 53.7 Å². The van der Waals surface area contributed by atoms with E-state index in [2.05, 4.69) is 11.8 Å². The van der Waals surface area contributed by atoms with Gasteiger partial charge < -0.3 is 19.9 Å². The smallest absolute Gasteiger partial charge is 0.0730 e. The fourth-order valence-electron chi connectivity index (χ4n) is 1.46. The highest BCUT2D eigenvalue weighted by molar-refractivity contribution is 5.41. The number of benzene rings is 1. The van der Waals surface area contributed by atoms with Gasteiger partial charge >= 0.3 is 0 Å². The van der Waals surface area contributed by atoms with Gasteiger partial charge in [-0.1, -0.05) is 30.0 Å². The van der Waals surface area contributed by atoms with Crippen molar-refractivity contribution in [3.63, 3.8) is 0 Å². The summed E-state index contributed by atoms with van der Waals surface area (Å²) in [5.74, 6) is 5.89. The monoisotopic (exact) mass is 263 g/mol. The number of rotatable bonds is 8. The van der Waals surface area contributed by atoms with E-state index in [9.17, 15) is 0 Å². The lowest BCUT2D eigenvalue weighted by Crippen LogP contribution is -2.08. The van der Waals surface area contributed by atoms with Gasteiger partial charge in [0.1, 0.15) is 0 Å². The Labute approximate surface area is 114 Å². The third kappa shape index (κ3) is 6.94. The molecule has 2 N–H and O–H groups in total. The molecule has 104 valence electrons. The molecule has 0 aromatic heterocycles. The van der Waals surface area contributed by atoms with E-state index in [0.29, 0.717) is 39.6 Å². The zero-order valence-corrected chi connectivity index (χ0v) is 11.4. The van der Waals surface area contributed by atoms with Crippen molar-refractivity contribution in [3.05, 3.63) is 35.4 Å². The van der Waals surface area contributed by atoms with Crippen LogP contribution in [0.15, 0.2) is 24.3 Å². The van der Waals surface area contributed by atoms with Crippen molar-refractivity contribution < 1.29 is 14.2 Å². The normalized spacial score (nSPS) is 10.0. The number of ether oxygens (including phenoxy) is 3. The fourth-order valence-corrected chi connectivity index (χ4v) is 1.46. The highest BCUT2D eigenvalue weighted by Gasteiger charge is 1.99. The molecule has 0 atom stereocenters. The second kappa shape index (κ2) is 10.5. The molecule has 0 bridgehead atoms. The molecule has 4 nitrogen and oxygen atoms in total. The fraction of sp³-hybridized carbons (Fsp3) is 0.467. The van der Waals surface area contributed by atoms with E-state index in [4.69, 9.17) is 19.9 Å². The van der Waals surface area contributed by atoms with Crippen molar-refractivity contribution in [3.8, 4) is 11.8 Å². The second-order valence-corrected chi connectivity index (χ2v) is 3.82. The van der Waals surface area contributed by atoms with Crippen molar-refractivity contribution in [2.24, 2.45) is 5.73 Å². The first-order valence-corrected chi connectivity index (χ1v) is 6.29. The summed E-state index contributed by atoms with van der Waals surface area (Å²) in [5, 5.41) is 0. The SMILES string of the molecule is COCCOCCOCc1ccccc1C#CCN. The lowest BCUT2D eigenvalue weighted by atomic mass is 10.1. The van der Waals surface area contributed by atoms with Gasteiger partial charge in [0.25, 0.3) is 0 Å². The van der Waals surface area contributed by atoms with Gasteiger partial charge in [0, 0.05) is 12.7 Å². The predicted molar refractivity (Wildman–Crippen MR) is 74.7 cm³/mol. The summed E-state index contributed by atoms with van der Waals surface area (Å²) in [6.07, 6.45) is 0. The van der Waals surface area contributed by atoms with E-state index < -0.39 is 0 Å². The molecular formula is C15H21NO3. The first-order chi connectivity index (χ1) is 9.38. The van der Waals surface area contributed by atoms with Gasteiger partial charge in [-0.2, -0.15) is 0 Å². The molecule has 0 aliphatic rings. The summed E-state index contributed by atoms with van der Waals surface area (Å²) < 4.78 is 15.7. The van der Waals surface area contributed by atoms with Crippen LogP contribution in [0, 0.1) is 11.8 Å². The van der Waals surface area contributed by atoms with E-state index in [1.165, 1.54) is 0 Å². The van der Waals surface area contributed by atoms with Crippen molar-refractivity contribution in [1.82, 2.24) is 0 Å². The molecular weight excluding hydrogens is 242 g/mol. The van der Waals surface area contributed by atoms with Crippen LogP contribution in [0.3, 0.4) is 0 Å². The third-order valence-corrected chi connectivity index (χ3v) is 2.40. The minimum absolute atomic E-state index is 0.364. The van der Waals surface area contributed by atoms with Crippen LogP contribution < -0.4 is 5.73 Å². The zero-order valence-electron chi connectivity index (χ0n) is 11.4. The molecule has 0 spiro atoms. The average Bonchev–Trinajstić information content (AvgIpc) is 2.45. The first-order valence-electron chi connectivity index (χ1n) is 6.29. The van der Waals surface area contributed by atoms with Crippen LogP contribution >= 0.6 is 0 Å². The first kappa shape index (κ1) is 15.7. The highest BCUT2D eigenvalue weighted by Crippen LogP contribution is 2.08. The van der Waals surface area contributed by atoms with Gasteiger partial charge in [0.05, 0.1) is 39.6 Å². The maximum Gasteiger partial charge on any atom is 0.0730 e. The van der Waals surface area contributed by atoms with Crippen LogP contribution in [-0.4, -0.2) is 40.1 Å². The predicted octanol–water partition coefficient (Wildman–Crippen LogP) is 1.18. The minimum atomic E-state index is 0.364. The molecule has 0 aliphatic carbocycles. The van der Waals surface area contributed by atoms with Crippen molar-refractivity contribution in [2.45, 2.75) is 6.61 Å². The maximum atomic E-state index is 5.56. The maximum absolute atomic E-state index is 5.56. The molecule has 0 saturated carbocycles. The molecule has 1 rings (SSSR count). The van der Waals surface area contributed by atoms with Crippen LogP contribution in [0.1, 0.15) is 11.1 Å². The van der Waals surface area contributed by atoms with Crippen LogP contribution in [0.2, 0.25) is 0 Å². The van der Waals surface area contributed by atoms with Gasteiger partial charge in [-0.05, 0) is 11.6 Å². The summed E-state index contributed by atoms with van der Waals surface area (Å²) in [6, 6.07) is 7.90. The number of methoxy groups -OCH3 is 1. The molecule has 19 heavy (non-hydrogen) atoms. The quantitative estimate of drug-likeness (QED) is 0.565. The summed E-state index contributed by atoms with van der Waals surface area (Å²) >= 11 is 0. The lowest BCUT2D eigenvalue weighted by Gasteiger charge is -2.07. The third-order valence-electron chi connectivity index (χ3n) is 2.40. The summed E-state index contributed by atoms with van der Waals surface area (Å²) in [4.78, 5) is 0. The lowest BCUT2D eigenvalue weighted by molar-refractivity contribution is 0.0199. The van der Waals surface area contributed by atoms with Crippen molar-refractivity contribution >= 4 is 0 Å². The van der Waals surface area contributed by atoms with Gasteiger partial charge in [-0.25, -0.2) is 0 Å². The molecule has 0 aliphatic heterocycles. The second-order valence-electron chi connectivity index (χ2n) is 3.82. The van der Waals surface area contributed by atoms with Crippen LogP contribution in [-0.2, 0) is 20.8 Å². The molecule has 4 heteroatoms. The van der Waals surface area contributed by atoms with E-state index in [-0.39, 0.29) is 0 Å². The summed E-state index contributed by atoms with van der Waals surface area (Å²) in [5.41, 5.74) is 7.41. The summed E-state index contributed by atoms with van der Waals surface area (Å²) in [6.45, 7) is 3.23. The summed E-state index contributed by atoms with van der Waals surface area (Å²) in [7, 11) is 1.65. The molecule has 1 aromatic carbocycles. The van der Waals surface area contributed by atoms with Crippen LogP contribution in [0.5, 0.6) is 0 Å². The van der Waals surface area contributed by atoms with Crippen LogP contribution in [0.4, 0.5) is 0 Å². The van der Waals surface area contributed by atoms with Crippen LogP contribution in [0.25, 0.3) is 0 Å². The molecule has 0 heterocycles. The Balaban J connectivity index is 2.29. The zero-order chi connectivity index (χ0) is 13.8. The highest BCUT2D eigenvalue weighted by atomic mass is 16.5. The number of hydrogen-bond donors (Lipinski definition) is 1. The van der Waals surface area contributed by atoms with Gasteiger partial charge in [0.2, 0.25) is 0 Å². The Kier molecular flexibility index (Phi) is 8.69. The number of hydrogen-bond acceptors (Lipinski definition) is 4. The van der Waals surface area contributed by atoms with Gasteiger partial charge in [-0.3, -0.25) is 0 Å². The Morgan fingerprint density at radius 1 is 1.05 bits per heavy atom. The van der Waals surface area contributed by atoms with E-state index in [1.54, 1.807) is 7.11 Å². The van der Waals surface area contributed by atoms with E-state index in [0.717, 1.165) is 11.1 Å². The number of nitrogens with two attached hydrogens (primary N) is 1. The Morgan fingerprint density at radius 3 is 2.58 bits per heavy atom. The van der Waals surface area contributed by atoms with E-state index in [1.807, 2.05) is 24.3 Å². The minimum Gasteiger partial charge on any atom is -0.382 e. The molecule has 0 fully saturated rings. The molecule has 0 radical (unpaired) electrons.